The van der Waals surface area contributed by atoms with Crippen LogP contribution in [-0.2, 0) is 14.3 Å². The highest BCUT2D eigenvalue weighted by atomic mass is 16.5. The maximum absolute atomic E-state index is 10.4. The van der Waals surface area contributed by atoms with Crippen LogP contribution < -0.4 is 0 Å². The number of carboxylic acid groups (broad SMARTS) is 1. The Bertz CT molecular complexity index is 163. The summed E-state index contributed by atoms with van der Waals surface area (Å²) in [6.45, 7) is 3.64. The molecule has 1 aliphatic rings. The molecule has 1 fully saturated rings. The first kappa shape index (κ1) is 10.5. The van der Waals surface area contributed by atoms with Crippen molar-refractivity contribution in [2.45, 2.75) is 25.9 Å². The van der Waals surface area contributed by atoms with Gasteiger partial charge < -0.3 is 14.6 Å². The minimum atomic E-state index is -0.896. The summed E-state index contributed by atoms with van der Waals surface area (Å²) >= 11 is 0. The van der Waals surface area contributed by atoms with Crippen LogP contribution in [0.15, 0.2) is 0 Å². The molecule has 0 amide bonds. The molecular formula is C9H16O4. The molecular weight excluding hydrogens is 172 g/mol. The molecule has 0 aromatic rings. The van der Waals surface area contributed by atoms with E-state index < -0.39 is 12.1 Å². The number of carboxylic acids is 1. The van der Waals surface area contributed by atoms with E-state index in [0.717, 1.165) is 26.1 Å². The van der Waals surface area contributed by atoms with Crippen LogP contribution in [-0.4, -0.2) is 37.0 Å². The Kier molecular flexibility index (Phi) is 4.18. The van der Waals surface area contributed by atoms with Gasteiger partial charge in [-0.1, -0.05) is 0 Å². The normalized spacial score (nSPS) is 21.3. The molecule has 1 saturated heterocycles. The number of carbonyl (C=O) groups is 1. The highest BCUT2D eigenvalue weighted by Gasteiger charge is 2.17. The standard InChI is InChI=1S/C9H16O4/c1-7(9(10)11)13-6-8-2-4-12-5-3-8/h7-8H,2-6H2,1H3,(H,10,11). The summed E-state index contributed by atoms with van der Waals surface area (Å²) in [4.78, 5) is 10.4. The number of aliphatic carboxylic acids is 1. The summed E-state index contributed by atoms with van der Waals surface area (Å²) in [6, 6.07) is 0. The predicted octanol–water partition coefficient (Wildman–Crippen LogP) is 0.903. The number of hydrogen-bond donors (Lipinski definition) is 1. The lowest BCUT2D eigenvalue weighted by molar-refractivity contribution is -0.150. The average molecular weight is 188 g/mol. The topological polar surface area (TPSA) is 55.8 Å². The molecule has 76 valence electrons. The summed E-state index contributed by atoms with van der Waals surface area (Å²) in [5.41, 5.74) is 0. The van der Waals surface area contributed by atoms with Gasteiger partial charge in [0.15, 0.2) is 6.10 Å². The van der Waals surface area contributed by atoms with E-state index in [4.69, 9.17) is 14.6 Å². The summed E-state index contributed by atoms with van der Waals surface area (Å²) in [7, 11) is 0. The lowest BCUT2D eigenvalue weighted by atomic mass is 10.0. The zero-order valence-electron chi connectivity index (χ0n) is 7.86. The SMILES string of the molecule is CC(OCC1CCOCC1)C(=O)O. The van der Waals surface area contributed by atoms with Crippen molar-refractivity contribution in [3.63, 3.8) is 0 Å². The molecule has 1 aliphatic heterocycles. The van der Waals surface area contributed by atoms with Crippen LogP contribution in [0.5, 0.6) is 0 Å². The van der Waals surface area contributed by atoms with Gasteiger partial charge >= 0.3 is 5.97 Å². The van der Waals surface area contributed by atoms with Gasteiger partial charge in [-0.3, -0.25) is 0 Å². The Morgan fingerprint density at radius 3 is 2.77 bits per heavy atom. The van der Waals surface area contributed by atoms with E-state index in [9.17, 15) is 4.79 Å². The van der Waals surface area contributed by atoms with Crippen molar-refractivity contribution in [2.75, 3.05) is 19.8 Å². The number of rotatable bonds is 4. The van der Waals surface area contributed by atoms with Gasteiger partial charge in [-0.25, -0.2) is 4.79 Å². The van der Waals surface area contributed by atoms with E-state index >= 15 is 0 Å². The second kappa shape index (κ2) is 5.19. The van der Waals surface area contributed by atoms with Crippen molar-refractivity contribution in [1.29, 1.82) is 0 Å². The Morgan fingerprint density at radius 2 is 2.23 bits per heavy atom. The molecule has 0 bridgehead atoms. The summed E-state index contributed by atoms with van der Waals surface area (Å²) in [5, 5.41) is 8.56. The lowest BCUT2D eigenvalue weighted by Gasteiger charge is -2.22. The van der Waals surface area contributed by atoms with Crippen LogP contribution in [0, 0.1) is 5.92 Å². The molecule has 13 heavy (non-hydrogen) atoms. The fraction of sp³-hybridized carbons (Fsp3) is 0.889. The molecule has 4 heteroatoms. The highest BCUT2D eigenvalue weighted by molar-refractivity contribution is 5.71. The van der Waals surface area contributed by atoms with Crippen LogP contribution in [0.1, 0.15) is 19.8 Å². The molecule has 0 aromatic heterocycles. The van der Waals surface area contributed by atoms with Gasteiger partial charge in [0.1, 0.15) is 0 Å². The molecule has 1 unspecified atom stereocenters. The Morgan fingerprint density at radius 1 is 1.62 bits per heavy atom. The van der Waals surface area contributed by atoms with E-state index in [0.29, 0.717) is 12.5 Å². The van der Waals surface area contributed by atoms with Crippen molar-refractivity contribution in [3.05, 3.63) is 0 Å². The van der Waals surface area contributed by atoms with Crippen LogP contribution in [0.25, 0.3) is 0 Å². The van der Waals surface area contributed by atoms with Crippen molar-refractivity contribution in [2.24, 2.45) is 5.92 Å². The quantitative estimate of drug-likeness (QED) is 0.712. The van der Waals surface area contributed by atoms with E-state index in [1.165, 1.54) is 0 Å². The predicted molar refractivity (Wildman–Crippen MR) is 46.6 cm³/mol. The molecule has 0 aliphatic carbocycles. The molecule has 1 heterocycles. The second-order valence-corrected chi connectivity index (χ2v) is 3.37. The first-order valence-corrected chi connectivity index (χ1v) is 4.62. The number of ether oxygens (including phenoxy) is 2. The first-order chi connectivity index (χ1) is 6.20. The zero-order valence-corrected chi connectivity index (χ0v) is 7.86. The molecule has 0 saturated carbocycles. The summed E-state index contributed by atoms with van der Waals surface area (Å²) in [6.07, 6.45) is 1.27. The van der Waals surface area contributed by atoms with Gasteiger partial charge in [0.2, 0.25) is 0 Å². The van der Waals surface area contributed by atoms with Crippen LogP contribution in [0.2, 0.25) is 0 Å². The van der Waals surface area contributed by atoms with Crippen molar-refractivity contribution >= 4 is 5.97 Å². The van der Waals surface area contributed by atoms with E-state index in [1.54, 1.807) is 6.92 Å². The molecule has 1 N–H and O–H groups in total. The summed E-state index contributed by atoms with van der Waals surface area (Å²) < 4.78 is 10.4. The Hall–Kier alpha value is -0.610. The van der Waals surface area contributed by atoms with E-state index in [1.807, 2.05) is 0 Å². The Balaban J connectivity index is 2.13. The third kappa shape index (κ3) is 3.74. The third-order valence-corrected chi connectivity index (χ3v) is 2.27. The smallest absolute Gasteiger partial charge is 0.332 e. The molecule has 0 spiro atoms. The Labute approximate surface area is 77.8 Å². The zero-order chi connectivity index (χ0) is 9.68. The highest BCUT2D eigenvalue weighted by Crippen LogP contribution is 2.15. The third-order valence-electron chi connectivity index (χ3n) is 2.27. The number of hydrogen-bond acceptors (Lipinski definition) is 3. The molecule has 0 radical (unpaired) electrons. The largest absolute Gasteiger partial charge is 0.479 e. The van der Waals surface area contributed by atoms with Gasteiger partial charge in [-0.05, 0) is 25.7 Å². The van der Waals surface area contributed by atoms with Crippen molar-refractivity contribution < 1.29 is 19.4 Å². The summed E-state index contributed by atoms with van der Waals surface area (Å²) in [5.74, 6) is -0.428. The van der Waals surface area contributed by atoms with Crippen LogP contribution >= 0.6 is 0 Å². The minimum absolute atomic E-state index is 0.468. The van der Waals surface area contributed by atoms with Gasteiger partial charge in [-0.2, -0.15) is 0 Å². The van der Waals surface area contributed by atoms with Crippen molar-refractivity contribution in [3.8, 4) is 0 Å². The maximum Gasteiger partial charge on any atom is 0.332 e. The maximum atomic E-state index is 10.4. The van der Waals surface area contributed by atoms with Crippen LogP contribution in [0.4, 0.5) is 0 Å². The van der Waals surface area contributed by atoms with Gasteiger partial charge in [0, 0.05) is 13.2 Å². The minimum Gasteiger partial charge on any atom is -0.479 e. The molecule has 1 rings (SSSR count). The first-order valence-electron chi connectivity index (χ1n) is 4.62. The molecule has 1 atom stereocenters. The van der Waals surface area contributed by atoms with Gasteiger partial charge in [-0.15, -0.1) is 0 Å². The van der Waals surface area contributed by atoms with Crippen LogP contribution in [0.3, 0.4) is 0 Å². The monoisotopic (exact) mass is 188 g/mol. The second-order valence-electron chi connectivity index (χ2n) is 3.37. The average Bonchev–Trinajstić information content (AvgIpc) is 2.15. The van der Waals surface area contributed by atoms with Crippen molar-refractivity contribution in [1.82, 2.24) is 0 Å². The van der Waals surface area contributed by atoms with Gasteiger partial charge in [0.25, 0.3) is 0 Å². The van der Waals surface area contributed by atoms with Gasteiger partial charge in [0.05, 0.1) is 6.61 Å². The molecule has 0 aromatic carbocycles. The fourth-order valence-electron chi connectivity index (χ4n) is 1.26. The lowest BCUT2D eigenvalue weighted by Crippen LogP contribution is -2.26. The van der Waals surface area contributed by atoms with E-state index in [2.05, 4.69) is 0 Å². The molecule has 4 nitrogen and oxygen atoms in total. The van der Waals surface area contributed by atoms with E-state index in [-0.39, 0.29) is 0 Å². The fourth-order valence-corrected chi connectivity index (χ4v) is 1.26.